The zero-order valence-electron chi connectivity index (χ0n) is 13.7. The largest absolute Gasteiger partial charge is 0.219 e. The summed E-state index contributed by atoms with van der Waals surface area (Å²) in [5, 5.41) is 0. The van der Waals surface area contributed by atoms with Crippen LogP contribution in [0.3, 0.4) is 0 Å². The molecule has 0 saturated carbocycles. The van der Waals surface area contributed by atoms with E-state index >= 15 is 0 Å². The average molecular weight is 343 g/mol. The number of hydrogen-bond donors (Lipinski definition) is 0. The molecule has 120 valence electrons. The third-order valence-corrected chi connectivity index (χ3v) is 6.33. The Morgan fingerprint density at radius 1 is 0.870 bits per heavy atom. The molecule has 0 fully saturated rings. The highest BCUT2D eigenvalue weighted by molar-refractivity contribution is 7.95. The summed E-state index contributed by atoms with van der Waals surface area (Å²) >= 11 is 0. The van der Waals surface area contributed by atoms with Crippen molar-refractivity contribution in [2.75, 3.05) is 0 Å². The molecule has 0 saturated heterocycles. The lowest BCUT2D eigenvalue weighted by Gasteiger charge is -2.13. The lowest BCUT2D eigenvalue weighted by atomic mass is 10.2. The van der Waals surface area contributed by atoms with Gasteiger partial charge in [0.2, 0.25) is 9.84 Å². The van der Waals surface area contributed by atoms with Gasteiger partial charge in [0, 0.05) is 0 Å². The molecule has 2 aromatic carbocycles. The van der Waals surface area contributed by atoms with Crippen LogP contribution in [0.2, 0.25) is 19.6 Å². The first-order valence-electron chi connectivity index (χ1n) is 7.55. The van der Waals surface area contributed by atoms with Crippen molar-refractivity contribution in [1.29, 1.82) is 0 Å². The Bertz CT molecular complexity index is 799. The van der Waals surface area contributed by atoms with Gasteiger partial charge < -0.3 is 0 Å². The maximum Gasteiger partial charge on any atom is 0.205 e. The molecule has 0 aliphatic rings. The predicted molar refractivity (Wildman–Crippen MR) is 101 cm³/mol. The van der Waals surface area contributed by atoms with Crippen molar-refractivity contribution >= 4 is 24.0 Å². The van der Waals surface area contributed by atoms with Gasteiger partial charge in [0.1, 0.15) is 0 Å². The standard InChI is InChI=1S/C19H22O2SSi/c1-23(2,3)16-19(15-14-17-10-6-4-7-11-17)22(20,21)18-12-8-5-9-13-18/h4-16H,1-3H3/b15-14+,19-16-. The van der Waals surface area contributed by atoms with E-state index in [4.69, 9.17) is 0 Å². The minimum atomic E-state index is -3.50. The van der Waals surface area contributed by atoms with Gasteiger partial charge in [-0.2, -0.15) is 0 Å². The van der Waals surface area contributed by atoms with E-state index in [1.807, 2.05) is 48.2 Å². The van der Waals surface area contributed by atoms with Crippen molar-refractivity contribution in [2.24, 2.45) is 0 Å². The smallest absolute Gasteiger partial charge is 0.205 e. The summed E-state index contributed by atoms with van der Waals surface area (Å²) in [6.45, 7) is 6.39. The summed E-state index contributed by atoms with van der Waals surface area (Å²) in [4.78, 5) is 0.717. The van der Waals surface area contributed by atoms with Crippen LogP contribution in [0.15, 0.2) is 82.2 Å². The molecule has 0 unspecified atom stereocenters. The number of hydrogen-bond acceptors (Lipinski definition) is 2. The molecule has 0 N–H and O–H groups in total. The summed E-state index contributed by atoms with van der Waals surface area (Å²) < 4.78 is 25.9. The summed E-state index contributed by atoms with van der Waals surface area (Å²) in [7, 11) is -5.19. The highest BCUT2D eigenvalue weighted by Gasteiger charge is 2.21. The van der Waals surface area contributed by atoms with E-state index in [1.165, 1.54) is 0 Å². The molecule has 23 heavy (non-hydrogen) atoms. The predicted octanol–water partition coefficient (Wildman–Crippen LogP) is 4.94. The molecule has 0 aromatic heterocycles. The molecule has 0 heterocycles. The Morgan fingerprint density at radius 3 is 1.91 bits per heavy atom. The van der Waals surface area contributed by atoms with Crippen LogP contribution in [-0.2, 0) is 9.84 Å². The Balaban J connectivity index is 2.48. The second kappa shape index (κ2) is 7.11. The molecule has 2 nitrogen and oxygen atoms in total. The molecule has 2 rings (SSSR count). The van der Waals surface area contributed by atoms with E-state index in [1.54, 1.807) is 30.3 Å². The van der Waals surface area contributed by atoms with Gasteiger partial charge in [0.15, 0.2) is 0 Å². The van der Waals surface area contributed by atoms with Crippen LogP contribution in [0.5, 0.6) is 0 Å². The number of allylic oxidation sites excluding steroid dienone is 1. The normalized spacial score (nSPS) is 13.4. The molecule has 0 amide bonds. The van der Waals surface area contributed by atoms with E-state index in [-0.39, 0.29) is 0 Å². The molecular weight excluding hydrogens is 320 g/mol. The van der Waals surface area contributed by atoms with Gasteiger partial charge >= 0.3 is 0 Å². The minimum Gasteiger partial charge on any atom is -0.219 e. The maximum atomic E-state index is 12.9. The Kier molecular flexibility index (Phi) is 5.39. The van der Waals surface area contributed by atoms with Crippen molar-refractivity contribution in [1.82, 2.24) is 0 Å². The van der Waals surface area contributed by atoms with Crippen LogP contribution < -0.4 is 0 Å². The van der Waals surface area contributed by atoms with Crippen molar-refractivity contribution in [3.05, 3.63) is 82.9 Å². The van der Waals surface area contributed by atoms with Crippen LogP contribution in [0.1, 0.15) is 5.56 Å². The fraction of sp³-hybridized carbons (Fsp3) is 0.158. The SMILES string of the molecule is C[Si](C)(C)/C=C(/C=C/c1ccccc1)S(=O)(=O)c1ccccc1. The van der Waals surface area contributed by atoms with E-state index in [0.29, 0.717) is 9.80 Å². The quantitative estimate of drug-likeness (QED) is 0.570. The third kappa shape index (κ3) is 5.05. The average Bonchev–Trinajstić information content (AvgIpc) is 2.52. The molecule has 2 aromatic rings. The van der Waals surface area contributed by atoms with E-state index in [9.17, 15) is 8.42 Å². The minimum absolute atomic E-state index is 0.335. The van der Waals surface area contributed by atoms with Gasteiger partial charge in [-0.05, 0) is 23.8 Å². The third-order valence-electron chi connectivity index (χ3n) is 3.18. The van der Waals surface area contributed by atoms with Crippen molar-refractivity contribution < 1.29 is 8.42 Å². The van der Waals surface area contributed by atoms with Gasteiger partial charge in [-0.25, -0.2) is 8.42 Å². The number of sulfone groups is 1. The van der Waals surface area contributed by atoms with Gasteiger partial charge in [0.05, 0.1) is 17.9 Å². The molecule has 0 aliphatic heterocycles. The van der Waals surface area contributed by atoms with Crippen LogP contribution in [0.4, 0.5) is 0 Å². The van der Waals surface area contributed by atoms with Crippen LogP contribution >= 0.6 is 0 Å². The Hall–Kier alpha value is -1.91. The highest BCUT2D eigenvalue weighted by atomic mass is 32.2. The van der Waals surface area contributed by atoms with Crippen molar-refractivity contribution in [3.8, 4) is 0 Å². The second-order valence-corrected chi connectivity index (χ2v) is 13.4. The Morgan fingerprint density at radius 2 is 1.39 bits per heavy atom. The topological polar surface area (TPSA) is 34.1 Å². The van der Waals surface area contributed by atoms with Gasteiger partial charge in [-0.1, -0.05) is 79.9 Å². The van der Waals surface area contributed by atoms with Gasteiger partial charge in [0.25, 0.3) is 0 Å². The lowest BCUT2D eigenvalue weighted by molar-refractivity contribution is 0.603. The van der Waals surface area contributed by atoms with Gasteiger partial charge in [-0.15, -0.1) is 0 Å². The molecule has 0 radical (unpaired) electrons. The first-order valence-corrected chi connectivity index (χ1v) is 12.6. The first kappa shape index (κ1) is 17.4. The molecule has 4 heteroatoms. The number of rotatable bonds is 5. The molecule has 0 aliphatic carbocycles. The Labute approximate surface area is 140 Å². The van der Waals surface area contributed by atoms with E-state index < -0.39 is 17.9 Å². The van der Waals surface area contributed by atoms with Crippen molar-refractivity contribution in [2.45, 2.75) is 24.5 Å². The molecule has 0 spiro atoms. The maximum absolute atomic E-state index is 12.9. The van der Waals surface area contributed by atoms with Gasteiger partial charge in [-0.3, -0.25) is 0 Å². The lowest BCUT2D eigenvalue weighted by Crippen LogP contribution is -2.19. The molecular formula is C19H22O2SSi. The van der Waals surface area contributed by atoms with Crippen molar-refractivity contribution in [3.63, 3.8) is 0 Å². The van der Waals surface area contributed by atoms with E-state index in [0.717, 1.165) is 5.56 Å². The summed E-state index contributed by atoms with van der Waals surface area (Å²) in [5.74, 6) is 0. The fourth-order valence-electron chi connectivity index (χ4n) is 2.12. The number of benzene rings is 2. The fourth-order valence-corrected chi connectivity index (χ4v) is 5.79. The molecule has 0 atom stereocenters. The zero-order chi connectivity index (χ0) is 16.9. The van der Waals surface area contributed by atoms with E-state index in [2.05, 4.69) is 19.6 Å². The zero-order valence-corrected chi connectivity index (χ0v) is 15.5. The summed E-state index contributed by atoms with van der Waals surface area (Å²) in [6, 6.07) is 18.3. The van der Waals surface area contributed by atoms with Crippen LogP contribution in [-0.4, -0.2) is 16.5 Å². The highest BCUT2D eigenvalue weighted by Crippen LogP contribution is 2.23. The monoisotopic (exact) mass is 342 g/mol. The second-order valence-electron chi connectivity index (χ2n) is 6.47. The summed E-state index contributed by atoms with van der Waals surface area (Å²) in [6.07, 6.45) is 3.57. The van der Waals surface area contributed by atoms with Crippen LogP contribution in [0.25, 0.3) is 6.08 Å². The first-order chi connectivity index (χ1) is 10.8. The molecule has 0 bridgehead atoms. The van der Waals surface area contributed by atoms with Crippen LogP contribution in [0, 0.1) is 0 Å². The summed E-state index contributed by atoms with van der Waals surface area (Å²) in [5.41, 5.74) is 2.92.